The predicted molar refractivity (Wildman–Crippen MR) is 202 cm³/mol. The Morgan fingerprint density at radius 2 is 1.71 bits per heavy atom. The Labute approximate surface area is 322 Å². The maximum Gasteiger partial charge on any atom is 0.408 e. The lowest BCUT2D eigenvalue weighted by Gasteiger charge is -2.30. The minimum atomic E-state index is -3.98. The molecule has 3 N–H and O–H groups in total. The van der Waals surface area contributed by atoms with Crippen LogP contribution >= 0.6 is 0 Å². The van der Waals surface area contributed by atoms with E-state index in [1.54, 1.807) is 6.92 Å². The highest BCUT2D eigenvalue weighted by atomic mass is 32.2. The third kappa shape index (κ3) is 7.65. The van der Waals surface area contributed by atoms with Gasteiger partial charge in [0.05, 0.1) is 22.3 Å². The molecule has 2 aromatic rings. The zero-order valence-electron chi connectivity index (χ0n) is 31.7. The Hall–Kier alpha value is -4.27. The van der Waals surface area contributed by atoms with Crippen LogP contribution in [0.1, 0.15) is 109 Å². The van der Waals surface area contributed by atoms with Gasteiger partial charge < -0.3 is 25.0 Å². The van der Waals surface area contributed by atoms with Crippen molar-refractivity contribution in [2.45, 2.75) is 144 Å². The van der Waals surface area contributed by atoms with Crippen LogP contribution in [0.25, 0.3) is 11.0 Å². The number of para-hydroxylation sites is 2. The summed E-state index contributed by atoms with van der Waals surface area (Å²) in [6.07, 6.45) is 12.1. The van der Waals surface area contributed by atoms with Gasteiger partial charge in [0.1, 0.15) is 35.0 Å². The Morgan fingerprint density at radius 1 is 0.964 bits per heavy atom. The van der Waals surface area contributed by atoms with E-state index >= 15 is 0 Å². The molecule has 4 amide bonds. The molecule has 4 heterocycles. The molecule has 3 bridgehead atoms. The average molecular weight is 777 g/mol. The van der Waals surface area contributed by atoms with E-state index in [2.05, 4.69) is 15.4 Å². The number of carbonyl (C=O) groups is 4. The zero-order chi connectivity index (χ0) is 38.6. The van der Waals surface area contributed by atoms with Gasteiger partial charge in [-0.25, -0.2) is 23.2 Å². The molecular weight excluding hydrogens is 725 g/mol. The topological polar surface area (TPSA) is 186 Å². The standard InChI is InChI=1S/C40H52N6O8S/c1-38(19-20-38)55(51,52)45-36(49)40-23-26(40)14-7-4-3-5-9-18-31-35(48)46-24-27(21-32(46)33(47)44-40)53-34-30(41-28-15-11-12-16-29(28)42-34)17-10-6-8-13-25-22-39(25,2)54-37(50)43-31/h7,11-12,14-16,25-27,31-32H,3-6,8-10,13,17-24H2,1-2H3,(H,43,50)(H,44,47)(H,45,49)/b14-7-/t25-,26-,27-,31+,32+,39-,40-/m1/s1. The van der Waals surface area contributed by atoms with E-state index in [0.29, 0.717) is 55.6 Å². The molecule has 3 saturated carbocycles. The van der Waals surface area contributed by atoms with Gasteiger partial charge in [0, 0.05) is 18.3 Å². The van der Waals surface area contributed by atoms with Crippen molar-refractivity contribution in [1.82, 2.24) is 30.2 Å². The Kier molecular flexibility index (Phi) is 9.82. The third-order valence-corrected chi connectivity index (χ3v) is 15.0. The normalized spacial score (nSPS) is 34.3. The van der Waals surface area contributed by atoms with Gasteiger partial charge in [-0.15, -0.1) is 0 Å². The highest BCUT2D eigenvalue weighted by Gasteiger charge is 2.63. The van der Waals surface area contributed by atoms with Crippen LogP contribution in [0.2, 0.25) is 0 Å². The summed E-state index contributed by atoms with van der Waals surface area (Å²) in [5, 5.41) is 5.78. The van der Waals surface area contributed by atoms with Gasteiger partial charge in [0.2, 0.25) is 27.7 Å². The molecule has 296 valence electrons. The highest BCUT2D eigenvalue weighted by Crippen LogP contribution is 2.50. The van der Waals surface area contributed by atoms with Crippen molar-refractivity contribution in [2.24, 2.45) is 11.8 Å². The van der Waals surface area contributed by atoms with E-state index in [0.717, 1.165) is 50.5 Å². The lowest BCUT2D eigenvalue weighted by molar-refractivity contribution is -0.141. The first-order valence-electron chi connectivity index (χ1n) is 20.1. The molecule has 14 nitrogen and oxygen atoms in total. The molecule has 3 aliphatic heterocycles. The van der Waals surface area contributed by atoms with Crippen molar-refractivity contribution in [3.63, 3.8) is 0 Å². The molecule has 1 aromatic carbocycles. The smallest absolute Gasteiger partial charge is 0.408 e. The number of aromatic nitrogens is 2. The maximum atomic E-state index is 14.6. The van der Waals surface area contributed by atoms with Gasteiger partial charge in [-0.3, -0.25) is 19.1 Å². The van der Waals surface area contributed by atoms with Crippen molar-refractivity contribution < 1.29 is 37.1 Å². The number of alkyl carbamates (subject to hydrolysis) is 1. The first-order valence-corrected chi connectivity index (χ1v) is 21.6. The lowest BCUT2D eigenvalue weighted by atomic mass is 10.0. The van der Waals surface area contributed by atoms with Gasteiger partial charge in [0.15, 0.2) is 0 Å². The Balaban J connectivity index is 1.13. The molecule has 0 spiro atoms. The van der Waals surface area contributed by atoms with Crippen LogP contribution in [0.15, 0.2) is 36.4 Å². The van der Waals surface area contributed by atoms with Crippen molar-refractivity contribution in [2.75, 3.05) is 6.54 Å². The van der Waals surface area contributed by atoms with Crippen molar-refractivity contribution >= 4 is 44.9 Å². The number of hydrogen-bond donors (Lipinski definition) is 3. The quantitative estimate of drug-likeness (QED) is 0.379. The van der Waals surface area contributed by atoms with Crippen LogP contribution in [0, 0.1) is 11.8 Å². The Bertz CT molecular complexity index is 2020. The number of hydrogen-bond acceptors (Lipinski definition) is 10. The molecule has 0 unspecified atom stereocenters. The van der Waals surface area contributed by atoms with Crippen LogP contribution in [0.5, 0.6) is 5.88 Å². The maximum absolute atomic E-state index is 14.6. The predicted octanol–water partition coefficient (Wildman–Crippen LogP) is 4.36. The number of carbonyl (C=O) groups excluding carboxylic acids is 4. The molecule has 8 rings (SSSR count). The second kappa shape index (κ2) is 14.3. The van der Waals surface area contributed by atoms with E-state index < -0.39 is 73.8 Å². The second-order valence-corrected chi connectivity index (χ2v) is 19.3. The molecule has 15 heteroatoms. The zero-order valence-corrected chi connectivity index (χ0v) is 32.5. The number of nitrogens with zero attached hydrogens (tertiary/aromatic N) is 3. The minimum Gasteiger partial charge on any atom is -0.471 e. The van der Waals surface area contributed by atoms with Gasteiger partial charge in [-0.1, -0.05) is 50.0 Å². The number of fused-ring (bicyclic) bond motifs is 6. The van der Waals surface area contributed by atoms with Crippen LogP contribution in [-0.4, -0.2) is 87.7 Å². The molecule has 6 aliphatic rings. The second-order valence-electron chi connectivity index (χ2n) is 17.1. The number of benzene rings is 1. The van der Waals surface area contributed by atoms with Crippen LogP contribution in [0.3, 0.4) is 0 Å². The average Bonchev–Trinajstić information content (AvgIpc) is 4.09. The molecular formula is C40H52N6O8S. The fourth-order valence-electron chi connectivity index (χ4n) is 8.59. The molecule has 3 aliphatic carbocycles. The molecule has 1 aromatic heterocycles. The number of ether oxygens (including phenoxy) is 2. The minimum absolute atomic E-state index is 0.0210. The molecule has 1 saturated heterocycles. The molecule has 4 fully saturated rings. The summed E-state index contributed by atoms with van der Waals surface area (Å²) >= 11 is 0. The highest BCUT2D eigenvalue weighted by molar-refractivity contribution is 7.91. The van der Waals surface area contributed by atoms with Crippen molar-refractivity contribution in [3.8, 4) is 5.88 Å². The summed E-state index contributed by atoms with van der Waals surface area (Å²) in [7, 11) is -3.98. The van der Waals surface area contributed by atoms with E-state index in [-0.39, 0.29) is 25.3 Å². The number of amides is 4. The molecule has 0 radical (unpaired) electrons. The number of sulfonamides is 1. The lowest BCUT2D eigenvalue weighted by Crippen LogP contribution is -2.58. The van der Waals surface area contributed by atoms with E-state index in [1.807, 2.05) is 43.3 Å². The number of nitrogens with one attached hydrogen (secondary N) is 3. The summed E-state index contributed by atoms with van der Waals surface area (Å²) in [4.78, 5) is 67.6. The first-order chi connectivity index (χ1) is 26.3. The van der Waals surface area contributed by atoms with Gasteiger partial charge in [-0.2, -0.15) is 0 Å². The largest absolute Gasteiger partial charge is 0.471 e. The number of rotatable bonds is 3. The molecule has 7 atom stereocenters. The van der Waals surface area contributed by atoms with Crippen LogP contribution < -0.4 is 20.1 Å². The summed E-state index contributed by atoms with van der Waals surface area (Å²) < 4.78 is 40.1. The fraction of sp³-hybridized carbons (Fsp3) is 0.650. The number of allylic oxidation sites excluding steroid dienone is 1. The van der Waals surface area contributed by atoms with Crippen molar-refractivity contribution in [3.05, 3.63) is 42.1 Å². The summed E-state index contributed by atoms with van der Waals surface area (Å²) in [6, 6.07) is 5.52. The van der Waals surface area contributed by atoms with Gasteiger partial charge in [0.25, 0.3) is 5.91 Å². The van der Waals surface area contributed by atoms with Gasteiger partial charge >= 0.3 is 6.09 Å². The summed E-state index contributed by atoms with van der Waals surface area (Å²) in [5.74, 6) is -1.65. The summed E-state index contributed by atoms with van der Waals surface area (Å²) in [6.45, 7) is 3.56. The van der Waals surface area contributed by atoms with Gasteiger partial charge in [-0.05, 0) is 90.2 Å². The van der Waals surface area contributed by atoms with E-state index in [4.69, 9.17) is 19.4 Å². The van der Waals surface area contributed by atoms with E-state index in [9.17, 15) is 27.6 Å². The first kappa shape index (κ1) is 37.6. The van der Waals surface area contributed by atoms with Crippen LogP contribution in [0.4, 0.5) is 4.79 Å². The fourth-order valence-corrected chi connectivity index (χ4v) is 9.90. The molecule has 55 heavy (non-hydrogen) atoms. The van der Waals surface area contributed by atoms with Crippen molar-refractivity contribution in [1.29, 1.82) is 0 Å². The summed E-state index contributed by atoms with van der Waals surface area (Å²) in [5.41, 5.74) is 0.0203. The monoisotopic (exact) mass is 776 g/mol. The third-order valence-electron chi connectivity index (χ3n) is 12.8. The van der Waals surface area contributed by atoms with E-state index in [1.165, 1.54) is 4.90 Å². The van der Waals surface area contributed by atoms with Crippen LogP contribution in [-0.2, 0) is 35.6 Å². The SMILES string of the molecule is CC1(S(=O)(=O)NC(=O)[C@@]23C[C@H]2/C=C\CCCCC[C@@H]2NC(=O)O[C@]4(C)C[C@H]4CCCCCc4nc5ccccc5nc4O[C@@H]4C[C@@H](C(=O)N3)N(C4)C2=O)CC1. The number of aryl methyl sites for hydroxylation is 1. The Morgan fingerprint density at radius 3 is 2.49 bits per heavy atom.